The van der Waals surface area contributed by atoms with Gasteiger partial charge in [-0.3, -0.25) is 9.48 Å². The van der Waals surface area contributed by atoms with E-state index in [1.807, 2.05) is 49.9 Å². The summed E-state index contributed by atoms with van der Waals surface area (Å²) in [6, 6.07) is 8.20. The zero-order valence-corrected chi connectivity index (χ0v) is 17.8. The first-order valence-corrected chi connectivity index (χ1v) is 10.4. The molecule has 158 valence electrons. The van der Waals surface area contributed by atoms with Crippen LogP contribution >= 0.6 is 0 Å². The minimum Gasteiger partial charge on any atom is -0.368 e. The molecule has 8 heteroatoms. The Morgan fingerprint density at radius 1 is 1.26 bits per heavy atom. The number of aromatic nitrogens is 5. The Labute approximate surface area is 179 Å². The van der Waals surface area contributed by atoms with Gasteiger partial charge in [-0.2, -0.15) is 10.1 Å². The number of anilines is 2. The Bertz CT molecular complexity index is 1350. The fourth-order valence-corrected chi connectivity index (χ4v) is 4.12. The number of nitrogens with two attached hydrogens (primary N) is 1. The Balaban J connectivity index is 1.66. The van der Waals surface area contributed by atoms with Crippen LogP contribution in [-0.4, -0.2) is 24.3 Å². The SMILES string of the molecule is Cc1cnc(N)nc1NC(C)c1cc2cccc(-c3cnn(C)c3)c2c(=O)n1C1CC1. The predicted octanol–water partition coefficient (Wildman–Crippen LogP) is 3.59. The first kappa shape index (κ1) is 19.3. The van der Waals surface area contributed by atoms with Gasteiger partial charge in [0.05, 0.1) is 17.6 Å². The minimum atomic E-state index is -0.132. The molecule has 3 aromatic heterocycles. The maximum absolute atomic E-state index is 13.8. The van der Waals surface area contributed by atoms with Crippen molar-refractivity contribution < 1.29 is 0 Å². The van der Waals surface area contributed by atoms with Gasteiger partial charge in [-0.25, -0.2) is 4.98 Å². The summed E-state index contributed by atoms with van der Waals surface area (Å²) >= 11 is 0. The van der Waals surface area contributed by atoms with Crippen LogP contribution in [0.4, 0.5) is 11.8 Å². The number of hydrogen-bond acceptors (Lipinski definition) is 6. The molecule has 0 spiro atoms. The molecule has 0 saturated heterocycles. The van der Waals surface area contributed by atoms with Crippen molar-refractivity contribution in [3.63, 3.8) is 0 Å². The highest BCUT2D eigenvalue weighted by molar-refractivity contribution is 5.96. The quantitative estimate of drug-likeness (QED) is 0.516. The van der Waals surface area contributed by atoms with Gasteiger partial charge in [0.25, 0.3) is 5.56 Å². The van der Waals surface area contributed by atoms with E-state index in [0.29, 0.717) is 5.82 Å². The second-order valence-corrected chi connectivity index (χ2v) is 8.27. The molecule has 1 aliphatic carbocycles. The third-order valence-electron chi connectivity index (χ3n) is 5.83. The number of rotatable bonds is 5. The van der Waals surface area contributed by atoms with Crippen molar-refractivity contribution in [2.75, 3.05) is 11.1 Å². The molecule has 0 radical (unpaired) electrons. The van der Waals surface area contributed by atoms with Crippen molar-refractivity contribution >= 4 is 22.5 Å². The molecule has 1 unspecified atom stereocenters. The summed E-state index contributed by atoms with van der Waals surface area (Å²) in [5, 5.41) is 9.37. The van der Waals surface area contributed by atoms with Crippen LogP contribution in [0.3, 0.4) is 0 Å². The van der Waals surface area contributed by atoms with Gasteiger partial charge in [0.1, 0.15) is 5.82 Å². The molecule has 31 heavy (non-hydrogen) atoms. The largest absolute Gasteiger partial charge is 0.368 e. The molecule has 4 aromatic rings. The molecular weight excluding hydrogens is 390 g/mol. The summed E-state index contributed by atoms with van der Waals surface area (Å²) in [7, 11) is 1.88. The average Bonchev–Trinajstić information content (AvgIpc) is 3.49. The molecule has 1 aliphatic rings. The standard InChI is InChI=1S/C23H25N7O/c1-13-10-25-23(24)28-21(13)27-14(2)19-9-15-5-4-6-18(16-11-26-29(3)12-16)20(15)22(31)30(19)17-7-8-17/h4-6,9-12,14,17H,7-8H2,1-3H3,(H3,24,25,27,28). The summed E-state index contributed by atoms with van der Waals surface area (Å²) in [6.45, 7) is 3.98. The van der Waals surface area contributed by atoms with Crippen LogP contribution in [0.15, 0.2) is 47.7 Å². The van der Waals surface area contributed by atoms with Gasteiger partial charge in [-0.1, -0.05) is 18.2 Å². The lowest BCUT2D eigenvalue weighted by molar-refractivity contribution is 0.636. The minimum absolute atomic E-state index is 0.0435. The zero-order chi connectivity index (χ0) is 21.7. The molecule has 8 nitrogen and oxygen atoms in total. The predicted molar refractivity (Wildman–Crippen MR) is 122 cm³/mol. The van der Waals surface area contributed by atoms with E-state index in [2.05, 4.69) is 26.4 Å². The molecule has 1 saturated carbocycles. The summed E-state index contributed by atoms with van der Waals surface area (Å²) < 4.78 is 3.71. The third kappa shape index (κ3) is 3.43. The zero-order valence-electron chi connectivity index (χ0n) is 17.8. The van der Waals surface area contributed by atoms with Crippen molar-refractivity contribution in [2.45, 2.75) is 38.8 Å². The molecule has 1 atom stereocenters. The van der Waals surface area contributed by atoms with E-state index in [9.17, 15) is 4.79 Å². The van der Waals surface area contributed by atoms with Gasteiger partial charge in [0.2, 0.25) is 5.95 Å². The topological polar surface area (TPSA) is 104 Å². The number of nitrogens with one attached hydrogen (secondary N) is 1. The Kier molecular flexibility index (Phi) is 4.50. The highest BCUT2D eigenvalue weighted by Gasteiger charge is 2.30. The second-order valence-electron chi connectivity index (χ2n) is 8.27. The first-order chi connectivity index (χ1) is 14.9. The summed E-state index contributed by atoms with van der Waals surface area (Å²) in [5.74, 6) is 0.901. The Hall–Kier alpha value is -3.68. The average molecular weight is 416 g/mol. The number of nitrogen functional groups attached to an aromatic ring is 1. The number of pyridine rings is 1. The van der Waals surface area contributed by atoms with Crippen molar-refractivity contribution in [3.05, 3.63) is 64.5 Å². The molecule has 3 heterocycles. The smallest absolute Gasteiger partial charge is 0.259 e. The van der Waals surface area contributed by atoms with Crippen LogP contribution in [-0.2, 0) is 7.05 Å². The molecule has 0 bridgehead atoms. The normalized spacial score (nSPS) is 14.7. The number of hydrogen-bond donors (Lipinski definition) is 2. The van der Waals surface area contributed by atoms with E-state index in [1.54, 1.807) is 17.1 Å². The van der Waals surface area contributed by atoms with Gasteiger partial charge >= 0.3 is 0 Å². The van der Waals surface area contributed by atoms with Crippen molar-refractivity contribution in [1.29, 1.82) is 0 Å². The lowest BCUT2D eigenvalue weighted by Gasteiger charge is -2.22. The van der Waals surface area contributed by atoms with Gasteiger partial charge in [0, 0.05) is 42.3 Å². The second kappa shape index (κ2) is 7.23. The fourth-order valence-electron chi connectivity index (χ4n) is 4.12. The van der Waals surface area contributed by atoms with E-state index in [1.165, 1.54) is 0 Å². The van der Waals surface area contributed by atoms with Crippen molar-refractivity contribution in [1.82, 2.24) is 24.3 Å². The number of nitrogens with zero attached hydrogens (tertiary/aromatic N) is 5. The van der Waals surface area contributed by atoms with Crippen LogP contribution in [0, 0.1) is 6.92 Å². The van der Waals surface area contributed by atoms with Gasteiger partial charge in [-0.05, 0) is 43.7 Å². The molecule has 0 aliphatic heterocycles. The maximum atomic E-state index is 13.8. The Morgan fingerprint density at radius 3 is 2.77 bits per heavy atom. The van der Waals surface area contributed by atoms with E-state index < -0.39 is 0 Å². The van der Waals surface area contributed by atoms with Gasteiger partial charge in [-0.15, -0.1) is 0 Å². The number of aryl methyl sites for hydroxylation is 2. The first-order valence-electron chi connectivity index (χ1n) is 10.4. The number of fused-ring (bicyclic) bond motifs is 1. The highest BCUT2D eigenvalue weighted by atomic mass is 16.1. The van der Waals surface area contributed by atoms with Crippen LogP contribution in [0.5, 0.6) is 0 Å². The van der Waals surface area contributed by atoms with Gasteiger partial charge in [0.15, 0.2) is 0 Å². The van der Waals surface area contributed by atoms with Crippen LogP contribution in [0.1, 0.15) is 43.1 Å². The molecule has 0 amide bonds. The van der Waals surface area contributed by atoms with Crippen LogP contribution in [0.2, 0.25) is 0 Å². The molecule has 5 rings (SSSR count). The van der Waals surface area contributed by atoms with Gasteiger partial charge < -0.3 is 15.6 Å². The maximum Gasteiger partial charge on any atom is 0.259 e. The fraction of sp³-hybridized carbons (Fsp3) is 0.304. The molecule has 3 N–H and O–H groups in total. The van der Waals surface area contributed by atoms with E-state index in [4.69, 9.17) is 5.73 Å². The van der Waals surface area contributed by atoms with E-state index in [-0.39, 0.29) is 23.6 Å². The molecule has 1 fully saturated rings. The summed E-state index contributed by atoms with van der Waals surface area (Å²) in [6.07, 6.45) is 7.47. The van der Waals surface area contributed by atoms with Crippen molar-refractivity contribution in [3.8, 4) is 11.1 Å². The van der Waals surface area contributed by atoms with Crippen LogP contribution in [0.25, 0.3) is 21.9 Å². The third-order valence-corrected chi connectivity index (χ3v) is 5.83. The lowest BCUT2D eigenvalue weighted by Crippen LogP contribution is -2.26. The highest BCUT2D eigenvalue weighted by Crippen LogP contribution is 2.38. The van der Waals surface area contributed by atoms with Crippen LogP contribution < -0.4 is 16.6 Å². The van der Waals surface area contributed by atoms with Crippen molar-refractivity contribution in [2.24, 2.45) is 7.05 Å². The Morgan fingerprint density at radius 2 is 2.06 bits per heavy atom. The number of benzene rings is 1. The van der Waals surface area contributed by atoms with E-state index in [0.717, 1.165) is 46.0 Å². The lowest BCUT2D eigenvalue weighted by atomic mass is 10.00. The summed E-state index contributed by atoms with van der Waals surface area (Å²) in [4.78, 5) is 22.1. The molecular formula is C23H25N7O. The molecule has 1 aromatic carbocycles. The summed E-state index contributed by atoms with van der Waals surface area (Å²) in [5.41, 5.74) is 9.53. The monoisotopic (exact) mass is 415 g/mol. The van der Waals surface area contributed by atoms with E-state index >= 15 is 0 Å².